The molecule has 0 aliphatic rings. The van der Waals surface area contributed by atoms with Gasteiger partial charge in [0.25, 0.3) is 0 Å². The summed E-state index contributed by atoms with van der Waals surface area (Å²) < 4.78 is 51.2. The number of aromatic hydroxyl groups is 2. The van der Waals surface area contributed by atoms with Crippen LogP contribution in [0.2, 0.25) is 0 Å². The number of hydrogen-bond donors (Lipinski definition) is 2. The second kappa shape index (κ2) is 34.1. The van der Waals surface area contributed by atoms with Crippen LogP contribution in [-0.2, 0) is 72.2 Å². The van der Waals surface area contributed by atoms with Crippen LogP contribution in [0.5, 0.6) is 51.7 Å². The Morgan fingerprint density at radius 2 is 0.702 bits per heavy atom. The Bertz CT molecular complexity index is 4230. The molecule has 0 aliphatic carbocycles. The lowest BCUT2D eigenvalue weighted by molar-refractivity contribution is -0.156. The summed E-state index contributed by atoms with van der Waals surface area (Å²) in [7, 11) is 7.46. The topological polar surface area (TPSA) is 311 Å². The maximum Gasteiger partial charge on any atom is 0.360 e. The molecular formula is C70H72N4O20. The maximum absolute atomic E-state index is 12.3. The van der Waals surface area contributed by atoms with Gasteiger partial charge in [-0.3, -0.25) is 24.0 Å². The van der Waals surface area contributed by atoms with E-state index in [2.05, 4.69) is 24.4 Å². The quantitative estimate of drug-likeness (QED) is 0.0516. The van der Waals surface area contributed by atoms with Crippen LogP contribution in [0.15, 0.2) is 127 Å². The Labute approximate surface area is 541 Å². The molecule has 0 aliphatic heterocycles. The van der Waals surface area contributed by atoms with Crippen LogP contribution < -0.4 is 18.9 Å². The second-order valence-electron chi connectivity index (χ2n) is 20.6. The largest absolute Gasteiger partial charge is 0.505 e. The Morgan fingerprint density at radius 3 is 1.02 bits per heavy atom. The lowest BCUT2D eigenvalue weighted by Crippen LogP contribution is -2.15. The van der Waals surface area contributed by atoms with E-state index >= 15 is 0 Å². The minimum Gasteiger partial charge on any atom is -0.505 e. The van der Waals surface area contributed by atoms with Crippen molar-refractivity contribution in [3.8, 4) is 51.7 Å². The molecule has 6 aromatic carbocycles. The Hall–Kier alpha value is -11.5. The number of pyridine rings is 3. The smallest absolute Gasteiger partial charge is 0.360 e. The minimum atomic E-state index is -0.799. The molecule has 3 heterocycles. The van der Waals surface area contributed by atoms with Crippen LogP contribution in [0.4, 0.5) is 0 Å². The van der Waals surface area contributed by atoms with Gasteiger partial charge in [0.15, 0.2) is 34.3 Å². The zero-order valence-electron chi connectivity index (χ0n) is 53.3. The fourth-order valence-electron chi connectivity index (χ4n) is 8.59. The number of rotatable bonds is 16. The van der Waals surface area contributed by atoms with Crippen molar-refractivity contribution in [2.45, 2.75) is 82.6 Å². The Kier molecular flexibility index (Phi) is 26.5. The number of hydrogen-bond acceptors (Lipinski definition) is 24. The molecule has 3 aromatic heterocycles. The van der Waals surface area contributed by atoms with Crippen molar-refractivity contribution in [2.24, 2.45) is 0 Å². The number of benzene rings is 6. The van der Waals surface area contributed by atoms with E-state index in [-0.39, 0.29) is 55.0 Å². The summed E-state index contributed by atoms with van der Waals surface area (Å²) in [6.45, 7) is 12.3. The number of carbonyl (C=O) groups is 8. The molecule has 0 atom stereocenters. The predicted octanol–water partition coefficient (Wildman–Crippen LogP) is 12.6. The van der Waals surface area contributed by atoms with Crippen molar-refractivity contribution >= 4 is 80.1 Å². The van der Waals surface area contributed by atoms with E-state index in [0.717, 1.165) is 22.1 Å². The van der Waals surface area contributed by atoms with E-state index in [1.807, 2.05) is 125 Å². The molecule has 0 fully saturated rings. The molecule has 0 bridgehead atoms. The molecule has 24 heteroatoms. The van der Waals surface area contributed by atoms with Crippen LogP contribution in [-0.4, -0.2) is 113 Å². The van der Waals surface area contributed by atoms with Crippen LogP contribution in [0.25, 0.3) is 32.3 Å². The van der Waals surface area contributed by atoms with Crippen LogP contribution >= 0.6 is 0 Å². The highest BCUT2D eigenvalue weighted by atomic mass is 16.6. The average Bonchev–Trinajstić information content (AvgIpc) is 0.788. The van der Waals surface area contributed by atoms with E-state index in [1.54, 1.807) is 42.5 Å². The summed E-state index contributed by atoms with van der Waals surface area (Å²) in [5.41, 5.74) is 4.07. The fourth-order valence-corrected chi connectivity index (χ4v) is 8.59. The molecule has 0 saturated heterocycles. The fraction of sp³-hybridized carbons (Fsp3) is 0.243. The maximum atomic E-state index is 12.3. The summed E-state index contributed by atoms with van der Waals surface area (Å²) in [4.78, 5) is 105. The summed E-state index contributed by atoms with van der Waals surface area (Å²) in [6, 6.07) is 38.0. The molecule has 0 amide bonds. The summed E-state index contributed by atoms with van der Waals surface area (Å²) >= 11 is 0. The van der Waals surface area contributed by atoms with E-state index in [4.69, 9.17) is 37.9 Å². The first kappa shape index (κ1) is 73.2. The van der Waals surface area contributed by atoms with Crippen LogP contribution in [0, 0.1) is 20.8 Å². The van der Waals surface area contributed by atoms with Gasteiger partial charge in [0, 0.05) is 73.5 Å². The molecular weight excluding hydrogens is 1220 g/mol. The standard InChI is InChI=1S/C23H21NO7.C21H22N2O4.C21H19NO6.C4H6O3.CH4/c1-13-5-7-16(8-6-13)31-17-9-10-18-19(11-17)22(30-15(3)26)21(23(27)28-4)24-20(18)12-29-14(2)25;1-13-5-7-14(8-6-13)27-15-9-10-16-17(11-15)20(24)19(21(25)26-4)22-18(16)12-23(2)3;1-12-4-6-14(7-5-12)28-15-8-9-16-17(10-15)20(24)19(21(25)26-3)22-18(16)11-27-13(2)23;1-3(5)7-4(2)6;/h5-11H,12H2,1-4H3;5-11,24H,12H2,1-4H3;4-10,24H,11H2,1-3H3;1-2H3;1H4. The molecule has 0 spiro atoms. The average molecular weight is 1290 g/mol. The van der Waals surface area contributed by atoms with Gasteiger partial charge in [-0.1, -0.05) is 60.5 Å². The van der Waals surface area contributed by atoms with E-state index < -0.39 is 47.8 Å². The highest BCUT2D eigenvalue weighted by Gasteiger charge is 2.26. The molecule has 94 heavy (non-hydrogen) atoms. The number of ether oxygens (including phenoxy) is 10. The lowest BCUT2D eigenvalue weighted by Gasteiger charge is -2.15. The number of fused-ring (bicyclic) bond motifs is 3. The third-order valence-electron chi connectivity index (χ3n) is 12.8. The Morgan fingerprint density at radius 1 is 0.394 bits per heavy atom. The van der Waals surface area contributed by atoms with Crippen LogP contribution in [0.3, 0.4) is 0 Å². The van der Waals surface area contributed by atoms with Gasteiger partial charge < -0.3 is 62.5 Å². The lowest BCUT2D eigenvalue weighted by atomic mass is 10.1. The zero-order valence-corrected chi connectivity index (χ0v) is 53.3. The van der Waals surface area contributed by atoms with Crippen molar-refractivity contribution in [1.82, 2.24) is 19.9 Å². The zero-order chi connectivity index (χ0) is 68.2. The molecule has 0 unspecified atom stereocenters. The number of esters is 8. The first-order valence-corrected chi connectivity index (χ1v) is 28.2. The first-order valence-electron chi connectivity index (χ1n) is 28.2. The predicted molar refractivity (Wildman–Crippen MR) is 345 cm³/mol. The number of aryl methyl sites for hydroxylation is 3. The highest BCUT2D eigenvalue weighted by molar-refractivity contribution is 6.03. The molecule has 2 N–H and O–H groups in total. The van der Waals surface area contributed by atoms with Crippen molar-refractivity contribution in [1.29, 1.82) is 0 Å². The Balaban J connectivity index is 0.000000242. The van der Waals surface area contributed by atoms with Gasteiger partial charge in [0.05, 0.1) is 38.4 Å². The number of aromatic nitrogens is 3. The molecule has 9 aromatic rings. The van der Waals surface area contributed by atoms with Crippen molar-refractivity contribution in [3.63, 3.8) is 0 Å². The van der Waals surface area contributed by atoms with Crippen molar-refractivity contribution in [2.75, 3.05) is 35.4 Å². The minimum absolute atomic E-state index is 0. The van der Waals surface area contributed by atoms with Crippen molar-refractivity contribution in [3.05, 3.63) is 178 Å². The number of carbonyl (C=O) groups excluding carboxylic acids is 8. The molecule has 24 nitrogen and oxygen atoms in total. The van der Waals surface area contributed by atoms with Gasteiger partial charge in [-0.25, -0.2) is 29.3 Å². The van der Waals surface area contributed by atoms with Crippen molar-refractivity contribution < 1.29 is 95.9 Å². The van der Waals surface area contributed by atoms with Crippen LogP contribution in [0.1, 0.15) is 107 Å². The van der Waals surface area contributed by atoms with E-state index in [9.17, 15) is 48.6 Å². The monoisotopic (exact) mass is 1290 g/mol. The molecule has 0 saturated carbocycles. The van der Waals surface area contributed by atoms with Gasteiger partial charge in [-0.2, -0.15) is 0 Å². The molecule has 9 rings (SSSR count). The molecule has 492 valence electrons. The van der Waals surface area contributed by atoms with Gasteiger partial charge in [0.1, 0.15) is 47.7 Å². The van der Waals surface area contributed by atoms with Gasteiger partial charge in [-0.15, -0.1) is 0 Å². The number of methoxy groups -OCH3 is 3. The summed E-state index contributed by atoms with van der Waals surface area (Å²) in [6.07, 6.45) is 0. The number of nitrogens with zero attached hydrogens (tertiary/aromatic N) is 4. The van der Waals surface area contributed by atoms with E-state index in [0.29, 0.717) is 85.1 Å². The summed E-state index contributed by atoms with van der Waals surface area (Å²) in [5, 5.41) is 24.2. The third-order valence-corrected chi connectivity index (χ3v) is 12.8. The van der Waals surface area contributed by atoms with E-state index in [1.165, 1.54) is 55.9 Å². The summed E-state index contributed by atoms with van der Waals surface area (Å²) in [5.74, 6) is -2.22. The third kappa shape index (κ3) is 20.5. The normalized spacial score (nSPS) is 10.3. The first-order chi connectivity index (χ1) is 44.2. The van der Waals surface area contributed by atoms with Gasteiger partial charge in [0.2, 0.25) is 0 Å². The van der Waals surface area contributed by atoms with Gasteiger partial charge in [-0.05, 0) is 126 Å². The second-order valence-corrected chi connectivity index (χ2v) is 20.6. The SMILES string of the molecule is C.CC(=O)OC(C)=O.COC(=O)c1nc(CN(C)C)c2ccc(Oc3ccc(C)cc3)cc2c1O.COC(=O)c1nc(COC(C)=O)c2ccc(Oc3ccc(C)cc3)cc2c1O.COC(=O)c1nc(COC(C)=O)c2ccc(Oc3ccc(C)cc3)cc2c1OC(C)=O. The highest BCUT2D eigenvalue weighted by Crippen LogP contribution is 2.39. The molecule has 0 radical (unpaired) electrons. The van der Waals surface area contributed by atoms with Gasteiger partial charge >= 0.3 is 47.8 Å².